The van der Waals surface area contributed by atoms with Gasteiger partial charge in [-0.1, -0.05) is 25.1 Å². The molecule has 0 spiro atoms. The van der Waals surface area contributed by atoms with E-state index in [-0.39, 0.29) is 5.91 Å². The molecule has 134 valence electrons. The average molecular weight is 384 g/mol. The van der Waals surface area contributed by atoms with Crippen LogP contribution in [0.15, 0.2) is 59.1 Å². The second kappa shape index (κ2) is 9.50. The minimum atomic E-state index is -0.0418. The molecular weight excluding hydrogens is 362 g/mol. The Kier molecular flexibility index (Phi) is 6.80. The summed E-state index contributed by atoms with van der Waals surface area (Å²) in [7, 11) is 0. The van der Waals surface area contributed by atoms with Crippen molar-refractivity contribution in [2.45, 2.75) is 30.5 Å². The Morgan fingerprint density at radius 2 is 2.04 bits per heavy atom. The van der Waals surface area contributed by atoms with Crippen molar-refractivity contribution in [3.05, 3.63) is 75.9 Å². The highest BCUT2D eigenvalue weighted by molar-refractivity contribution is 7.98. The first-order chi connectivity index (χ1) is 12.7. The summed E-state index contributed by atoms with van der Waals surface area (Å²) >= 11 is 3.36. The van der Waals surface area contributed by atoms with E-state index in [4.69, 9.17) is 0 Å². The van der Waals surface area contributed by atoms with Crippen molar-refractivity contribution in [2.75, 3.05) is 6.54 Å². The molecule has 6 heteroatoms. The number of nitrogens with one attached hydrogen (secondary N) is 1. The van der Waals surface area contributed by atoms with E-state index in [1.54, 1.807) is 29.3 Å². The molecule has 0 bridgehead atoms. The predicted molar refractivity (Wildman–Crippen MR) is 108 cm³/mol. The van der Waals surface area contributed by atoms with Crippen molar-refractivity contribution in [1.29, 1.82) is 0 Å². The predicted octanol–water partition coefficient (Wildman–Crippen LogP) is 4.37. The average Bonchev–Trinajstić information content (AvgIpc) is 3.15. The molecule has 0 aliphatic heterocycles. The van der Waals surface area contributed by atoms with E-state index < -0.39 is 0 Å². The molecule has 0 atom stereocenters. The molecule has 0 fully saturated rings. The van der Waals surface area contributed by atoms with E-state index >= 15 is 0 Å². The van der Waals surface area contributed by atoms with Gasteiger partial charge in [-0.2, -0.15) is 0 Å². The van der Waals surface area contributed by atoms with Crippen molar-refractivity contribution in [1.82, 2.24) is 15.3 Å². The highest BCUT2D eigenvalue weighted by Crippen LogP contribution is 2.20. The highest BCUT2D eigenvalue weighted by Gasteiger charge is 2.06. The molecule has 1 amide bonds. The summed E-state index contributed by atoms with van der Waals surface area (Å²) in [6.07, 6.45) is 3.52. The molecular formula is C20H21N3OS2. The molecule has 0 saturated heterocycles. The summed E-state index contributed by atoms with van der Waals surface area (Å²) in [6.45, 7) is 2.70. The molecule has 2 aromatic heterocycles. The lowest BCUT2D eigenvalue weighted by Gasteiger charge is -2.06. The zero-order valence-corrected chi connectivity index (χ0v) is 16.3. The van der Waals surface area contributed by atoms with Crippen LogP contribution in [0.4, 0.5) is 0 Å². The summed E-state index contributed by atoms with van der Waals surface area (Å²) in [5.74, 6) is 0.794. The van der Waals surface area contributed by atoms with Gasteiger partial charge in [0.1, 0.15) is 0 Å². The molecule has 3 rings (SSSR count). The van der Waals surface area contributed by atoms with Crippen molar-refractivity contribution in [3.63, 3.8) is 0 Å². The number of pyridine rings is 1. The van der Waals surface area contributed by atoms with Crippen molar-refractivity contribution < 1.29 is 4.79 Å². The maximum Gasteiger partial charge on any atom is 0.251 e. The minimum Gasteiger partial charge on any atom is -0.352 e. The molecule has 2 heterocycles. The number of carbonyl (C=O) groups is 1. The monoisotopic (exact) mass is 383 g/mol. The SMILES string of the molecule is CCc1nc(CCNC(=O)c2ccc(CSc3ccccn3)cc2)cs1. The van der Waals surface area contributed by atoms with Crippen molar-refractivity contribution in [2.24, 2.45) is 0 Å². The first-order valence-electron chi connectivity index (χ1n) is 8.59. The van der Waals surface area contributed by atoms with Gasteiger partial charge in [-0.05, 0) is 36.2 Å². The van der Waals surface area contributed by atoms with Crippen LogP contribution in [-0.4, -0.2) is 22.4 Å². The lowest BCUT2D eigenvalue weighted by Crippen LogP contribution is -2.25. The lowest BCUT2D eigenvalue weighted by molar-refractivity contribution is 0.0954. The number of thiazole rings is 1. The van der Waals surface area contributed by atoms with Gasteiger partial charge in [0.2, 0.25) is 0 Å². The van der Waals surface area contributed by atoms with E-state index in [1.807, 2.05) is 42.5 Å². The van der Waals surface area contributed by atoms with Crippen LogP contribution < -0.4 is 5.32 Å². The number of aromatic nitrogens is 2. The quantitative estimate of drug-likeness (QED) is 0.587. The van der Waals surface area contributed by atoms with Gasteiger partial charge in [0, 0.05) is 35.9 Å². The molecule has 0 saturated carbocycles. The van der Waals surface area contributed by atoms with Crippen LogP contribution in [0.5, 0.6) is 0 Å². The van der Waals surface area contributed by atoms with Gasteiger partial charge in [-0.15, -0.1) is 23.1 Å². The number of hydrogen-bond donors (Lipinski definition) is 1. The van der Waals surface area contributed by atoms with Crippen LogP contribution in [0.1, 0.15) is 33.5 Å². The van der Waals surface area contributed by atoms with Gasteiger partial charge in [0.15, 0.2) is 0 Å². The fourth-order valence-electron chi connectivity index (χ4n) is 2.37. The molecule has 1 aromatic carbocycles. The molecule has 4 nitrogen and oxygen atoms in total. The topological polar surface area (TPSA) is 54.9 Å². The Bertz CT molecular complexity index is 832. The number of hydrogen-bond acceptors (Lipinski definition) is 5. The Balaban J connectivity index is 1.45. The molecule has 0 aliphatic rings. The molecule has 0 unspecified atom stereocenters. The van der Waals surface area contributed by atoms with Crippen LogP contribution in [0.2, 0.25) is 0 Å². The second-order valence-electron chi connectivity index (χ2n) is 5.75. The van der Waals surface area contributed by atoms with E-state index in [0.717, 1.165) is 34.3 Å². The molecule has 26 heavy (non-hydrogen) atoms. The summed E-state index contributed by atoms with van der Waals surface area (Å²) in [5.41, 5.74) is 2.91. The maximum atomic E-state index is 12.2. The Labute approximate surface area is 162 Å². The Morgan fingerprint density at radius 1 is 1.19 bits per heavy atom. The van der Waals surface area contributed by atoms with Crippen LogP contribution in [0.3, 0.4) is 0 Å². The van der Waals surface area contributed by atoms with Crippen molar-refractivity contribution in [3.8, 4) is 0 Å². The first kappa shape index (κ1) is 18.6. The van der Waals surface area contributed by atoms with Gasteiger partial charge in [-0.3, -0.25) is 4.79 Å². The number of carbonyl (C=O) groups excluding carboxylic acids is 1. The summed E-state index contributed by atoms with van der Waals surface area (Å²) in [4.78, 5) is 21.1. The van der Waals surface area contributed by atoms with Crippen LogP contribution in [-0.2, 0) is 18.6 Å². The standard InChI is InChI=1S/C20H21N3OS2/c1-2-18-23-17(14-26-18)10-12-22-20(24)16-8-6-15(7-9-16)13-25-19-5-3-4-11-21-19/h3-9,11,14H,2,10,12-13H2,1H3,(H,22,24). The van der Waals surface area contributed by atoms with E-state index in [0.29, 0.717) is 12.1 Å². The normalized spacial score (nSPS) is 10.7. The second-order valence-corrected chi connectivity index (χ2v) is 7.68. The van der Waals surface area contributed by atoms with Gasteiger partial charge in [0.25, 0.3) is 5.91 Å². The van der Waals surface area contributed by atoms with Crippen LogP contribution >= 0.6 is 23.1 Å². The molecule has 0 aliphatic carbocycles. The smallest absolute Gasteiger partial charge is 0.251 e. The third-order valence-corrected chi connectivity index (χ3v) is 5.87. The molecule has 0 radical (unpaired) electrons. The number of rotatable bonds is 8. The number of nitrogens with zero attached hydrogens (tertiary/aromatic N) is 2. The summed E-state index contributed by atoms with van der Waals surface area (Å²) < 4.78 is 0. The van der Waals surface area contributed by atoms with E-state index in [9.17, 15) is 4.79 Å². The summed E-state index contributed by atoms with van der Waals surface area (Å²) in [6, 6.07) is 13.6. The van der Waals surface area contributed by atoms with Gasteiger partial charge >= 0.3 is 0 Å². The zero-order chi connectivity index (χ0) is 18.2. The zero-order valence-electron chi connectivity index (χ0n) is 14.6. The van der Waals surface area contributed by atoms with Gasteiger partial charge < -0.3 is 5.32 Å². The molecule has 3 aromatic rings. The third-order valence-electron chi connectivity index (χ3n) is 3.81. The first-order valence-corrected chi connectivity index (χ1v) is 10.5. The number of amides is 1. The molecule has 1 N–H and O–H groups in total. The largest absolute Gasteiger partial charge is 0.352 e. The van der Waals surface area contributed by atoms with Gasteiger partial charge in [0.05, 0.1) is 15.7 Å². The van der Waals surface area contributed by atoms with Crippen molar-refractivity contribution >= 4 is 29.0 Å². The highest BCUT2D eigenvalue weighted by atomic mass is 32.2. The minimum absolute atomic E-state index is 0.0418. The Morgan fingerprint density at radius 3 is 2.73 bits per heavy atom. The van der Waals surface area contributed by atoms with E-state index in [2.05, 4.69) is 27.6 Å². The number of thioether (sulfide) groups is 1. The maximum absolute atomic E-state index is 12.2. The lowest BCUT2D eigenvalue weighted by atomic mass is 10.1. The third kappa shape index (κ3) is 5.41. The number of aryl methyl sites for hydroxylation is 1. The van der Waals surface area contributed by atoms with Gasteiger partial charge in [-0.25, -0.2) is 9.97 Å². The van der Waals surface area contributed by atoms with Crippen LogP contribution in [0, 0.1) is 0 Å². The van der Waals surface area contributed by atoms with Crippen LogP contribution in [0.25, 0.3) is 0 Å². The Hall–Kier alpha value is -2.18. The fourth-order valence-corrected chi connectivity index (χ4v) is 3.97. The fraction of sp³-hybridized carbons (Fsp3) is 0.250. The summed E-state index contributed by atoms with van der Waals surface area (Å²) in [5, 5.41) is 7.18. The number of benzene rings is 1. The van der Waals surface area contributed by atoms with E-state index in [1.165, 1.54) is 5.56 Å².